The van der Waals surface area contributed by atoms with Crippen LogP contribution in [0.4, 0.5) is 5.69 Å². The van der Waals surface area contributed by atoms with Crippen molar-refractivity contribution < 1.29 is 4.79 Å². The molecule has 0 radical (unpaired) electrons. The molecule has 0 bridgehead atoms. The maximum absolute atomic E-state index is 12.5. The average molecular weight is 441 g/mol. The third-order valence-electron chi connectivity index (χ3n) is 5.41. The SMILES string of the molecule is Cc1ccc(NC(=O)CSC2=NC3(CCN(C)CC3)N=C2c2ccc(Cl)cc2)cc1. The molecule has 2 aliphatic rings. The number of nitrogens with one attached hydrogen (secondary N) is 1. The van der Waals surface area contributed by atoms with Gasteiger partial charge in [-0.05, 0) is 38.2 Å². The van der Waals surface area contributed by atoms with E-state index in [4.69, 9.17) is 21.6 Å². The molecule has 2 aromatic rings. The standard InChI is InChI=1S/C23H25ClN4OS/c1-16-3-9-19(10-4-16)25-20(29)15-30-22-21(17-5-7-18(24)8-6-17)26-23(27-22)11-13-28(2)14-12-23/h3-10H,11-15H2,1-2H3,(H,25,29). The Morgan fingerprint density at radius 3 is 2.43 bits per heavy atom. The van der Waals surface area contributed by atoms with Gasteiger partial charge in [0.2, 0.25) is 5.91 Å². The normalized spacial score (nSPS) is 18.2. The number of hydrogen-bond donors (Lipinski definition) is 1. The first-order chi connectivity index (χ1) is 14.4. The van der Waals surface area contributed by atoms with Gasteiger partial charge in [0.1, 0.15) is 5.04 Å². The number of aryl methyl sites for hydroxylation is 1. The zero-order valence-corrected chi connectivity index (χ0v) is 18.8. The van der Waals surface area contributed by atoms with E-state index in [1.54, 1.807) is 0 Å². The van der Waals surface area contributed by atoms with Crippen LogP contribution in [0.1, 0.15) is 24.0 Å². The van der Waals surface area contributed by atoms with Gasteiger partial charge in [0.15, 0.2) is 5.66 Å². The fraction of sp³-hybridized carbons (Fsp3) is 0.348. The zero-order valence-electron chi connectivity index (χ0n) is 17.2. The number of piperidine rings is 1. The third-order valence-corrected chi connectivity index (χ3v) is 6.63. The van der Waals surface area contributed by atoms with Gasteiger partial charge in [-0.1, -0.05) is 53.2 Å². The van der Waals surface area contributed by atoms with E-state index in [9.17, 15) is 4.79 Å². The van der Waals surface area contributed by atoms with E-state index in [1.165, 1.54) is 11.8 Å². The first-order valence-electron chi connectivity index (χ1n) is 10.1. The molecule has 2 aliphatic heterocycles. The van der Waals surface area contributed by atoms with Gasteiger partial charge in [0, 0.05) is 42.2 Å². The molecule has 0 aliphatic carbocycles. The summed E-state index contributed by atoms with van der Waals surface area (Å²) in [7, 11) is 2.13. The number of rotatable bonds is 4. The number of benzene rings is 2. The van der Waals surface area contributed by atoms with Crippen molar-refractivity contribution in [3.63, 3.8) is 0 Å². The average Bonchev–Trinajstić information content (AvgIpc) is 3.09. The summed E-state index contributed by atoms with van der Waals surface area (Å²) < 4.78 is 0. The lowest BCUT2D eigenvalue weighted by Gasteiger charge is -2.33. The molecule has 1 spiro atoms. The minimum absolute atomic E-state index is 0.0497. The van der Waals surface area contributed by atoms with Crippen molar-refractivity contribution >= 4 is 45.7 Å². The van der Waals surface area contributed by atoms with Gasteiger partial charge in [-0.15, -0.1) is 0 Å². The number of aliphatic imine (C=N–C) groups is 2. The fourth-order valence-corrected chi connectivity index (χ4v) is 4.59. The highest BCUT2D eigenvalue weighted by molar-refractivity contribution is 8.16. The second-order valence-electron chi connectivity index (χ2n) is 7.87. The van der Waals surface area contributed by atoms with Crippen LogP contribution in [0, 0.1) is 6.92 Å². The van der Waals surface area contributed by atoms with Crippen molar-refractivity contribution in [1.29, 1.82) is 0 Å². The Bertz CT molecular complexity index is 977. The number of nitrogens with zero attached hydrogens (tertiary/aromatic N) is 3. The smallest absolute Gasteiger partial charge is 0.234 e. The molecule has 1 saturated heterocycles. The Morgan fingerprint density at radius 1 is 1.10 bits per heavy atom. The van der Waals surface area contributed by atoms with Crippen LogP contribution in [0.25, 0.3) is 0 Å². The van der Waals surface area contributed by atoms with E-state index >= 15 is 0 Å². The number of hydrogen-bond acceptors (Lipinski definition) is 5. The second-order valence-corrected chi connectivity index (χ2v) is 9.27. The van der Waals surface area contributed by atoms with Crippen LogP contribution in [0.3, 0.4) is 0 Å². The van der Waals surface area contributed by atoms with Gasteiger partial charge in [-0.25, -0.2) is 4.99 Å². The summed E-state index contributed by atoms with van der Waals surface area (Å²) in [5.74, 6) is 0.237. The first-order valence-corrected chi connectivity index (χ1v) is 11.4. The van der Waals surface area contributed by atoms with Crippen molar-refractivity contribution in [2.75, 3.05) is 31.2 Å². The minimum atomic E-state index is -0.406. The second kappa shape index (κ2) is 8.92. The fourth-order valence-electron chi connectivity index (χ4n) is 3.59. The summed E-state index contributed by atoms with van der Waals surface area (Å²) >= 11 is 7.52. The molecule has 0 aromatic heterocycles. The van der Waals surface area contributed by atoms with Gasteiger partial charge in [0.25, 0.3) is 0 Å². The van der Waals surface area contributed by atoms with Gasteiger partial charge in [0.05, 0.1) is 11.5 Å². The van der Waals surface area contributed by atoms with E-state index in [1.807, 2.05) is 55.5 Å². The Balaban J connectivity index is 1.50. The summed E-state index contributed by atoms with van der Waals surface area (Å²) in [5.41, 5.74) is 3.41. The van der Waals surface area contributed by atoms with E-state index in [0.29, 0.717) is 5.02 Å². The highest BCUT2D eigenvalue weighted by atomic mass is 35.5. The van der Waals surface area contributed by atoms with Crippen LogP contribution in [-0.2, 0) is 4.79 Å². The molecule has 7 heteroatoms. The lowest BCUT2D eigenvalue weighted by molar-refractivity contribution is -0.113. The number of carbonyl (C=O) groups is 1. The first kappa shape index (κ1) is 21.1. The summed E-state index contributed by atoms with van der Waals surface area (Å²) in [4.78, 5) is 24.9. The zero-order chi connectivity index (χ0) is 21.1. The Hall–Kier alpha value is -2.15. The maximum Gasteiger partial charge on any atom is 0.234 e. The van der Waals surface area contributed by atoms with Crippen LogP contribution in [0.15, 0.2) is 58.5 Å². The third kappa shape index (κ3) is 4.94. The van der Waals surface area contributed by atoms with Gasteiger partial charge in [-0.3, -0.25) is 9.79 Å². The van der Waals surface area contributed by atoms with Crippen LogP contribution >= 0.6 is 23.4 Å². The van der Waals surface area contributed by atoms with Crippen LogP contribution in [0.5, 0.6) is 0 Å². The lowest BCUT2D eigenvalue weighted by atomic mass is 9.99. The van der Waals surface area contributed by atoms with Gasteiger partial charge < -0.3 is 10.2 Å². The van der Waals surface area contributed by atoms with Crippen molar-refractivity contribution in [3.8, 4) is 0 Å². The number of likely N-dealkylation sites (tertiary alicyclic amines) is 1. The van der Waals surface area contributed by atoms with Crippen LogP contribution < -0.4 is 5.32 Å². The molecule has 0 unspecified atom stereocenters. The number of carbonyl (C=O) groups excluding carboxylic acids is 1. The molecule has 2 heterocycles. The molecule has 1 amide bonds. The molecule has 1 fully saturated rings. The molecule has 4 rings (SSSR count). The quantitative estimate of drug-likeness (QED) is 0.753. The molecule has 30 heavy (non-hydrogen) atoms. The van der Waals surface area contributed by atoms with E-state index in [-0.39, 0.29) is 11.7 Å². The molecule has 1 N–H and O–H groups in total. The molecule has 0 saturated carbocycles. The Labute approximate surface area is 186 Å². The van der Waals surface area contributed by atoms with E-state index in [2.05, 4.69) is 17.3 Å². The monoisotopic (exact) mass is 440 g/mol. The van der Waals surface area contributed by atoms with Gasteiger partial charge >= 0.3 is 0 Å². The van der Waals surface area contributed by atoms with Crippen molar-refractivity contribution in [1.82, 2.24) is 4.90 Å². The lowest BCUT2D eigenvalue weighted by Crippen LogP contribution is -2.39. The highest BCUT2D eigenvalue weighted by Crippen LogP contribution is 2.35. The summed E-state index contributed by atoms with van der Waals surface area (Å²) in [6, 6.07) is 15.5. The van der Waals surface area contributed by atoms with Crippen LogP contribution in [0.2, 0.25) is 5.02 Å². The molecule has 156 valence electrons. The van der Waals surface area contributed by atoms with Gasteiger partial charge in [-0.2, -0.15) is 0 Å². The van der Waals surface area contributed by atoms with Crippen molar-refractivity contribution in [3.05, 3.63) is 64.7 Å². The largest absolute Gasteiger partial charge is 0.325 e. The molecular weight excluding hydrogens is 416 g/mol. The minimum Gasteiger partial charge on any atom is -0.325 e. The number of thioether (sulfide) groups is 1. The van der Waals surface area contributed by atoms with E-state index in [0.717, 1.165) is 53.5 Å². The van der Waals surface area contributed by atoms with Crippen LogP contribution in [-0.4, -0.2) is 53.1 Å². The van der Waals surface area contributed by atoms with Crippen molar-refractivity contribution in [2.45, 2.75) is 25.4 Å². The molecular formula is C23H25ClN4OS. The summed E-state index contributed by atoms with van der Waals surface area (Å²) in [6.07, 6.45) is 1.78. The predicted molar refractivity (Wildman–Crippen MR) is 127 cm³/mol. The Kier molecular flexibility index (Phi) is 6.27. The number of anilines is 1. The highest BCUT2D eigenvalue weighted by Gasteiger charge is 2.39. The molecule has 2 aromatic carbocycles. The molecule has 5 nitrogen and oxygen atoms in total. The summed E-state index contributed by atoms with van der Waals surface area (Å²) in [6.45, 7) is 3.95. The predicted octanol–water partition coefficient (Wildman–Crippen LogP) is 4.64. The molecule has 0 atom stereocenters. The number of amides is 1. The Morgan fingerprint density at radius 2 is 1.77 bits per heavy atom. The summed E-state index contributed by atoms with van der Waals surface area (Å²) in [5, 5.41) is 4.48. The number of halogens is 1. The topological polar surface area (TPSA) is 57.1 Å². The van der Waals surface area contributed by atoms with Crippen molar-refractivity contribution in [2.24, 2.45) is 9.98 Å². The maximum atomic E-state index is 12.5. The van der Waals surface area contributed by atoms with E-state index < -0.39 is 5.66 Å².